The van der Waals surface area contributed by atoms with Crippen molar-refractivity contribution in [3.05, 3.63) is 28.6 Å². The van der Waals surface area contributed by atoms with Crippen LogP contribution in [0.2, 0.25) is 0 Å². The first kappa shape index (κ1) is 13.0. The molecule has 1 aromatic rings. The summed E-state index contributed by atoms with van der Waals surface area (Å²) < 4.78 is 17.9. The van der Waals surface area contributed by atoms with Crippen LogP contribution in [-0.4, -0.2) is 42.5 Å². The van der Waals surface area contributed by atoms with Crippen molar-refractivity contribution in [1.82, 2.24) is 4.57 Å². The van der Waals surface area contributed by atoms with Crippen LogP contribution >= 0.6 is 0 Å². The molecule has 100 valence electrons. The molecular formula is C11H16N2O5. The lowest BCUT2D eigenvalue weighted by Crippen LogP contribution is -2.27. The van der Waals surface area contributed by atoms with Gasteiger partial charge in [-0.2, -0.15) is 0 Å². The lowest BCUT2D eigenvalue weighted by molar-refractivity contribution is -0.384. The van der Waals surface area contributed by atoms with E-state index in [0.29, 0.717) is 13.0 Å². The molecule has 0 radical (unpaired) electrons. The minimum Gasteiger partial charge on any atom is -0.382 e. The van der Waals surface area contributed by atoms with E-state index in [2.05, 4.69) is 0 Å². The summed E-state index contributed by atoms with van der Waals surface area (Å²) in [6.45, 7) is 0.443. The summed E-state index contributed by atoms with van der Waals surface area (Å²) in [5.74, 6) is 0. The van der Waals surface area contributed by atoms with E-state index in [4.69, 9.17) is 14.2 Å². The van der Waals surface area contributed by atoms with Crippen LogP contribution in [-0.2, 0) is 14.2 Å². The van der Waals surface area contributed by atoms with Gasteiger partial charge in [-0.15, -0.1) is 0 Å². The van der Waals surface area contributed by atoms with Gasteiger partial charge < -0.3 is 18.8 Å². The average molecular weight is 256 g/mol. The third-order valence-corrected chi connectivity index (χ3v) is 3.06. The van der Waals surface area contributed by atoms with Crippen molar-refractivity contribution in [2.45, 2.75) is 24.9 Å². The Labute approximate surface area is 104 Å². The van der Waals surface area contributed by atoms with Crippen LogP contribution in [0.3, 0.4) is 0 Å². The van der Waals surface area contributed by atoms with Gasteiger partial charge in [0.05, 0.1) is 23.8 Å². The normalized spacial score (nSPS) is 27.6. The Morgan fingerprint density at radius 2 is 2.39 bits per heavy atom. The molecule has 0 unspecified atom stereocenters. The van der Waals surface area contributed by atoms with Crippen molar-refractivity contribution in [1.29, 1.82) is 0 Å². The first-order chi connectivity index (χ1) is 8.65. The number of nitrogens with zero attached hydrogens (tertiary/aromatic N) is 2. The van der Waals surface area contributed by atoms with Crippen molar-refractivity contribution in [2.24, 2.45) is 0 Å². The molecule has 0 spiro atoms. The molecule has 1 aromatic heterocycles. The molecule has 1 aliphatic heterocycles. The van der Waals surface area contributed by atoms with Gasteiger partial charge in [0, 0.05) is 32.9 Å². The van der Waals surface area contributed by atoms with E-state index < -0.39 is 4.92 Å². The fraction of sp³-hybridized carbons (Fsp3) is 0.636. The molecule has 0 N–H and O–H groups in total. The SMILES string of the molecule is COC[C@H]1O[C@@H](n2ccc([N+](=O)[O-])c2)C[C@@H]1OC. The van der Waals surface area contributed by atoms with Gasteiger partial charge in [-0.05, 0) is 0 Å². The third kappa shape index (κ3) is 2.53. The number of aromatic nitrogens is 1. The zero-order valence-corrected chi connectivity index (χ0v) is 10.3. The molecule has 0 amide bonds. The average Bonchev–Trinajstić information content (AvgIpc) is 2.94. The molecule has 0 saturated carbocycles. The Morgan fingerprint density at radius 1 is 1.61 bits per heavy atom. The maximum Gasteiger partial charge on any atom is 0.286 e. The van der Waals surface area contributed by atoms with E-state index in [0.717, 1.165) is 0 Å². The number of hydrogen-bond donors (Lipinski definition) is 0. The Balaban J connectivity index is 2.07. The van der Waals surface area contributed by atoms with Gasteiger partial charge >= 0.3 is 0 Å². The van der Waals surface area contributed by atoms with Gasteiger partial charge in [0.1, 0.15) is 12.3 Å². The molecule has 0 bridgehead atoms. The molecular weight excluding hydrogens is 240 g/mol. The second-order valence-electron chi connectivity index (χ2n) is 4.17. The summed E-state index contributed by atoms with van der Waals surface area (Å²) in [7, 11) is 3.22. The second kappa shape index (κ2) is 5.47. The van der Waals surface area contributed by atoms with Gasteiger partial charge in [0.15, 0.2) is 0 Å². The maximum atomic E-state index is 10.6. The number of rotatable bonds is 5. The summed E-state index contributed by atoms with van der Waals surface area (Å²) >= 11 is 0. The van der Waals surface area contributed by atoms with Gasteiger partial charge in [-0.1, -0.05) is 0 Å². The quantitative estimate of drug-likeness (QED) is 0.587. The smallest absolute Gasteiger partial charge is 0.286 e. The molecule has 7 nitrogen and oxygen atoms in total. The molecule has 1 aliphatic rings. The molecule has 2 rings (SSSR count). The third-order valence-electron chi connectivity index (χ3n) is 3.06. The lowest BCUT2D eigenvalue weighted by Gasteiger charge is -2.15. The fourth-order valence-corrected chi connectivity index (χ4v) is 2.13. The van der Waals surface area contributed by atoms with Crippen LogP contribution in [0, 0.1) is 10.1 Å². The zero-order chi connectivity index (χ0) is 13.1. The fourth-order valence-electron chi connectivity index (χ4n) is 2.13. The predicted molar refractivity (Wildman–Crippen MR) is 62.3 cm³/mol. The predicted octanol–water partition coefficient (Wildman–Crippen LogP) is 1.35. The van der Waals surface area contributed by atoms with Gasteiger partial charge in [0.25, 0.3) is 5.69 Å². The van der Waals surface area contributed by atoms with Crippen LogP contribution in [0.25, 0.3) is 0 Å². The van der Waals surface area contributed by atoms with E-state index >= 15 is 0 Å². The number of methoxy groups -OCH3 is 2. The Morgan fingerprint density at radius 3 is 2.94 bits per heavy atom. The zero-order valence-electron chi connectivity index (χ0n) is 10.3. The Bertz CT molecular complexity index is 419. The van der Waals surface area contributed by atoms with E-state index in [1.807, 2.05) is 0 Å². The van der Waals surface area contributed by atoms with Crippen molar-refractivity contribution < 1.29 is 19.1 Å². The van der Waals surface area contributed by atoms with Gasteiger partial charge in [0.2, 0.25) is 0 Å². The van der Waals surface area contributed by atoms with Crippen molar-refractivity contribution >= 4 is 5.69 Å². The molecule has 0 aliphatic carbocycles. The highest BCUT2D eigenvalue weighted by atomic mass is 16.6. The molecule has 18 heavy (non-hydrogen) atoms. The highest BCUT2D eigenvalue weighted by Crippen LogP contribution is 2.31. The molecule has 2 heterocycles. The molecule has 1 fully saturated rings. The first-order valence-electron chi connectivity index (χ1n) is 5.64. The van der Waals surface area contributed by atoms with Crippen molar-refractivity contribution in [3.8, 4) is 0 Å². The highest BCUT2D eigenvalue weighted by molar-refractivity contribution is 5.26. The van der Waals surface area contributed by atoms with Crippen LogP contribution in [0.15, 0.2) is 18.5 Å². The number of ether oxygens (including phenoxy) is 3. The van der Waals surface area contributed by atoms with Crippen molar-refractivity contribution in [3.63, 3.8) is 0 Å². The standard InChI is InChI=1S/C11H16N2O5/c1-16-7-10-9(17-2)5-11(18-10)12-4-3-8(6-12)13(14)15/h3-4,6,9-11H,5,7H2,1-2H3/t9-,10+,11+/m0/s1. The van der Waals surface area contributed by atoms with E-state index in [1.54, 1.807) is 25.0 Å². The van der Waals surface area contributed by atoms with Gasteiger partial charge in [-0.3, -0.25) is 10.1 Å². The van der Waals surface area contributed by atoms with Crippen LogP contribution in [0.4, 0.5) is 5.69 Å². The number of hydrogen-bond acceptors (Lipinski definition) is 5. The van der Waals surface area contributed by atoms with Crippen LogP contribution in [0.5, 0.6) is 0 Å². The lowest BCUT2D eigenvalue weighted by atomic mass is 10.2. The monoisotopic (exact) mass is 256 g/mol. The molecule has 1 saturated heterocycles. The molecule has 3 atom stereocenters. The summed E-state index contributed by atoms with van der Waals surface area (Å²) in [5.41, 5.74) is 0.0581. The maximum absolute atomic E-state index is 10.6. The summed E-state index contributed by atoms with van der Waals surface area (Å²) in [4.78, 5) is 10.2. The molecule has 7 heteroatoms. The second-order valence-corrected chi connectivity index (χ2v) is 4.17. The highest BCUT2D eigenvalue weighted by Gasteiger charge is 2.36. The van der Waals surface area contributed by atoms with E-state index in [-0.39, 0.29) is 24.1 Å². The van der Waals surface area contributed by atoms with E-state index in [9.17, 15) is 10.1 Å². The van der Waals surface area contributed by atoms with Gasteiger partial charge in [-0.25, -0.2) is 0 Å². The topological polar surface area (TPSA) is 75.8 Å². The summed E-state index contributed by atoms with van der Waals surface area (Å²) in [5, 5.41) is 10.6. The number of nitro groups is 1. The summed E-state index contributed by atoms with van der Waals surface area (Å²) in [6.07, 6.45) is 3.31. The molecule has 0 aromatic carbocycles. The minimum atomic E-state index is -0.425. The van der Waals surface area contributed by atoms with Crippen LogP contribution < -0.4 is 0 Å². The first-order valence-corrected chi connectivity index (χ1v) is 5.64. The Kier molecular flexibility index (Phi) is 3.95. The Hall–Kier alpha value is -1.44. The minimum absolute atomic E-state index is 0.0581. The summed E-state index contributed by atoms with van der Waals surface area (Å²) in [6, 6.07) is 1.45. The van der Waals surface area contributed by atoms with E-state index in [1.165, 1.54) is 12.3 Å². The largest absolute Gasteiger partial charge is 0.382 e. The van der Waals surface area contributed by atoms with Crippen LogP contribution in [0.1, 0.15) is 12.6 Å². The van der Waals surface area contributed by atoms with Crippen molar-refractivity contribution in [2.75, 3.05) is 20.8 Å².